The predicted octanol–water partition coefficient (Wildman–Crippen LogP) is 3.64. The van der Waals surface area contributed by atoms with Gasteiger partial charge in [0, 0.05) is 18.1 Å². The minimum atomic E-state index is -0.414. The van der Waals surface area contributed by atoms with Gasteiger partial charge in [-0.25, -0.2) is 4.68 Å². The molecule has 150 valence electrons. The van der Waals surface area contributed by atoms with E-state index in [4.69, 9.17) is 11.6 Å². The van der Waals surface area contributed by atoms with E-state index >= 15 is 0 Å². The van der Waals surface area contributed by atoms with Crippen molar-refractivity contribution >= 4 is 34.0 Å². The molecule has 0 atom stereocenters. The lowest BCUT2D eigenvalue weighted by molar-refractivity contribution is -0.117. The average Bonchev–Trinajstić information content (AvgIpc) is 3.17. The van der Waals surface area contributed by atoms with Crippen LogP contribution in [0.2, 0.25) is 5.02 Å². The van der Waals surface area contributed by atoms with Gasteiger partial charge in [0.25, 0.3) is 5.56 Å². The molecule has 0 saturated carbocycles. The fraction of sp³-hybridized carbons (Fsp3) is 0.0952. The summed E-state index contributed by atoms with van der Waals surface area (Å²) in [7, 11) is 0. The number of carbonyl (C=O) groups excluding carboxylic acids is 1. The summed E-state index contributed by atoms with van der Waals surface area (Å²) in [5, 5.41) is 16.7. The number of amides is 1. The van der Waals surface area contributed by atoms with E-state index in [0.717, 1.165) is 15.3 Å². The van der Waals surface area contributed by atoms with Crippen molar-refractivity contribution in [2.75, 3.05) is 5.32 Å². The van der Waals surface area contributed by atoms with Crippen molar-refractivity contribution in [3.8, 4) is 11.3 Å². The molecule has 0 spiro atoms. The Kier molecular flexibility index (Phi) is 5.97. The third-order valence-electron chi connectivity index (χ3n) is 4.22. The Morgan fingerprint density at radius 2 is 1.77 bits per heavy atom. The summed E-state index contributed by atoms with van der Waals surface area (Å²) in [6.45, 7) is -0.245. The van der Waals surface area contributed by atoms with Gasteiger partial charge in [-0.1, -0.05) is 71.5 Å². The molecule has 2 heterocycles. The highest BCUT2D eigenvalue weighted by Gasteiger charge is 2.12. The summed E-state index contributed by atoms with van der Waals surface area (Å²) in [5.74, 6) is -0.414. The van der Waals surface area contributed by atoms with Crippen LogP contribution in [-0.4, -0.2) is 25.9 Å². The molecule has 0 bridgehead atoms. The molecule has 4 aromatic rings. The van der Waals surface area contributed by atoms with Crippen molar-refractivity contribution in [1.82, 2.24) is 20.0 Å². The number of halogens is 1. The molecule has 1 N–H and O–H groups in total. The first kappa shape index (κ1) is 19.9. The Bertz CT molecular complexity index is 1240. The highest BCUT2D eigenvalue weighted by Crippen LogP contribution is 2.25. The van der Waals surface area contributed by atoms with Crippen LogP contribution in [0.4, 0.5) is 5.13 Å². The third-order valence-corrected chi connectivity index (χ3v) is 5.39. The van der Waals surface area contributed by atoms with Crippen molar-refractivity contribution in [2.45, 2.75) is 13.0 Å². The Morgan fingerprint density at radius 1 is 1.00 bits per heavy atom. The van der Waals surface area contributed by atoms with Crippen LogP contribution in [0.15, 0.2) is 71.5 Å². The van der Waals surface area contributed by atoms with Crippen molar-refractivity contribution < 1.29 is 4.79 Å². The lowest BCUT2D eigenvalue weighted by Gasteiger charge is -2.08. The van der Waals surface area contributed by atoms with Crippen LogP contribution in [0.1, 0.15) is 10.6 Å². The summed E-state index contributed by atoms with van der Waals surface area (Å²) < 4.78 is 1.10. The fourth-order valence-electron chi connectivity index (χ4n) is 2.82. The first-order valence-corrected chi connectivity index (χ1v) is 10.3. The number of anilines is 1. The van der Waals surface area contributed by atoms with E-state index in [9.17, 15) is 9.59 Å². The van der Waals surface area contributed by atoms with Crippen LogP contribution in [0.5, 0.6) is 0 Å². The predicted molar refractivity (Wildman–Crippen MR) is 117 cm³/mol. The Balaban J connectivity index is 1.45. The number of hydrogen-bond donors (Lipinski definition) is 1. The minimum Gasteiger partial charge on any atom is -0.299 e. The normalized spacial score (nSPS) is 10.7. The highest BCUT2D eigenvalue weighted by molar-refractivity contribution is 7.15. The van der Waals surface area contributed by atoms with Crippen LogP contribution in [0.25, 0.3) is 11.3 Å². The maximum atomic E-state index is 12.4. The van der Waals surface area contributed by atoms with Crippen molar-refractivity contribution in [2.24, 2.45) is 0 Å². The molecule has 9 heteroatoms. The van der Waals surface area contributed by atoms with Crippen LogP contribution >= 0.6 is 22.9 Å². The molecule has 2 aromatic carbocycles. The molecular formula is C21H16ClN5O2S. The molecule has 2 aromatic heterocycles. The standard InChI is InChI=1S/C21H16ClN5O2S/c22-16-9-5-4-8-15(16)17-10-11-20(29)27(26-17)13-18(28)23-21-25-24-19(30-21)12-14-6-2-1-3-7-14/h1-11H,12-13H2,(H,23,25,28). The van der Waals surface area contributed by atoms with E-state index in [0.29, 0.717) is 27.8 Å². The van der Waals surface area contributed by atoms with Gasteiger partial charge in [-0.3, -0.25) is 14.9 Å². The first-order valence-electron chi connectivity index (χ1n) is 9.08. The second kappa shape index (κ2) is 8.98. The number of nitrogens with zero attached hydrogens (tertiary/aromatic N) is 4. The summed E-state index contributed by atoms with van der Waals surface area (Å²) >= 11 is 7.50. The number of benzene rings is 2. The number of hydrogen-bond acceptors (Lipinski definition) is 6. The van der Waals surface area contributed by atoms with E-state index in [1.165, 1.54) is 17.4 Å². The Morgan fingerprint density at radius 3 is 2.57 bits per heavy atom. The van der Waals surface area contributed by atoms with E-state index in [1.807, 2.05) is 42.5 Å². The second-order valence-electron chi connectivity index (χ2n) is 6.41. The minimum absolute atomic E-state index is 0.245. The SMILES string of the molecule is O=C(Cn1nc(-c2ccccc2Cl)ccc1=O)Nc1nnc(Cc2ccccc2)s1. The number of aromatic nitrogens is 4. The van der Waals surface area contributed by atoms with Crippen LogP contribution in [-0.2, 0) is 17.8 Å². The highest BCUT2D eigenvalue weighted by atomic mass is 35.5. The quantitative estimate of drug-likeness (QED) is 0.497. The zero-order valence-corrected chi connectivity index (χ0v) is 17.2. The number of carbonyl (C=O) groups is 1. The zero-order valence-electron chi connectivity index (χ0n) is 15.7. The number of rotatable bonds is 6. The van der Waals surface area contributed by atoms with Gasteiger partial charge >= 0.3 is 0 Å². The van der Waals surface area contributed by atoms with Crippen LogP contribution in [0, 0.1) is 0 Å². The molecule has 1 amide bonds. The molecule has 0 aliphatic rings. The number of nitrogens with one attached hydrogen (secondary N) is 1. The Hall–Kier alpha value is -3.36. The van der Waals surface area contributed by atoms with E-state index < -0.39 is 5.91 Å². The molecule has 0 saturated heterocycles. The van der Waals surface area contributed by atoms with Gasteiger partial charge in [-0.05, 0) is 17.7 Å². The van der Waals surface area contributed by atoms with E-state index in [-0.39, 0.29) is 12.1 Å². The molecule has 0 unspecified atom stereocenters. The molecule has 0 aliphatic carbocycles. The van der Waals surface area contributed by atoms with Crippen LogP contribution in [0.3, 0.4) is 0 Å². The van der Waals surface area contributed by atoms with Gasteiger partial charge in [-0.15, -0.1) is 10.2 Å². The molecule has 4 rings (SSSR count). The zero-order chi connectivity index (χ0) is 20.9. The molecule has 0 radical (unpaired) electrons. The molecule has 0 fully saturated rings. The lowest BCUT2D eigenvalue weighted by atomic mass is 10.1. The van der Waals surface area contributed by atoms with E-state index in [1.54, 1.807) is 18.2 Å². The van der Waals surface area contributed by atoms with Gasteiger partial charge in [0.1, 0.15) is 11.6 Å². The van der Waals surface area contributed by atoms with Crippen molar-refractivity contribution in [1.29, 1.82) is 0 Å². The van der Waals surface area contributed by atoms with Gasteiger partial charge < -0.3 is 0 Å². The molecule has 0 aliphatic heterocycles. The monoisotopic (exact) mass is 437 g/mol. The van der Waals surface area contributed by atoms with Crippen molar-refractivity contribution in [3.05, 3.63) is 92.7 Å². The molecule has 30 heavy (non-hydrogen) atoms. The maximum absolute atomic E-state index is 12.4. The van der Waals surface area contributed by atoms with Gasteiger partial charge in [0.2, 0.25) is 11.0 Å². The topological polar surface area (TPSA) is 89.8 Å². The van der Waals surface area contributed by atoms with Gasteiger partial charge in [0.05, 0.1) is 10.7 Å². The van der Waals surface area contributed by atoms with Gasteiger partial charge in [-0.2, -0.15) is 5.10 Å². The van der Waals surface area contributed by atoms with Crippen molar-refractivity contribution in [3.63, 3.8) is 0 Å². The van der Waals surface area contributed by atoms with Crippen LogP contribution < -0.4 is 10.9 Å². The summed E-state index contributed by atoms with van der Waals surface area (Å²) in [5.41, 5.74) is 1.92. The Labute approximate surface area is 181 Å². The van der Waals surface area contributed by atoms with E-state index in [2.05, 4.69) is 20.6 Å². The fourth-order valence-corrected chi connectivity index (χ4v) is 3.84. The molecular weight excluding hydrogens is 422 g/mol. The third kappa shape index (κ3) is 4.79. The lowest BCUT2D eigenvalue weighted by Crippen LogP contribution is -2.29. The second-order valence-corrected chi connectivity index (χ2v) is 7.88. The average molecular weight is 438 g/mol. The molecule has 7 nitrogen and oxygen atoms in total. The van der Waals surface area contributed by atoms with Gasteiger partial charge in [0.15, 0.2) is 0 Å². The maximum Gasteiger partial charge on any atom is 0.267 e. The summed E-state index contributed by atoms with van der Waals surface area (Å²) in [6, 6.07) is 20.0. The first-order chi connectivity index (χ1) is 14.6. The smallest absolute Gasteiger partial charge is 0.267 e. The summed E-state index contributed by atoms with van der Waals surface area (Å²) in [4.78, 5) is 24.6. The largest absolute Gasteiger partial charge is 0.299 e. The summed E-state index contributed by atoms with van der Waals surface area (Å²) in [6.07, 6.45) is 0.634.